The second-order valence-corrected chi connectivity index (χ2v) is 3.45. The van der Waals surface area contributed by atoms with E-state index in [4.69, 9.17) is 5.73 Å². The number of hydrogen-bond donors (Lipinski definition) is 1. The normalized spacial score (nSPS) is 10.1. The Hall–Kier alpha value is -2.23. The van der Waals surface area contributed by atoms with Crippen LogP contribution in [0.15, 0.2) is 36.5 Å². The SMILES string of the molecule is Cc1c(C(N)=O)cccc1-c1cccnn1. The summed E-state index contributed by atoms with van der Waals surface area (Å²) in [6.45, 7) is 1.85. The molecule has 16 heavy (non-hydrogen) atoms. The lowest BCUT2D eigenvalue weighted by atomic mass is 9.99. The molecule has 0 saturated heterocycles. The average molecular weight is 213 g/mol. The van der Waals surface area contributed by atoms with Gasteiger partial charge in [-0.05, 0) is 30.7 Å². The summed E-state index contributed by atoms with van der Waals surface area (Å²) in [7, 11) is 0. The summed E-state index contributed by atoms with van der Waals surface area (Å²) in [5.41, 5.74) is 8.25. The third-order valence-electron chi connectivity index (χ3n) is 2.45. The predicted octanol–water partition coefficient (Wildman–Crippen LogP) is 1.55. The number of primary amides is 1. The Morgan fingerprint density at radius 3 is 2.69 bits per heavy atom. The summed E-state index contributed by atoms with van der Waals surface area (Å²) in [4.78, 5) is 11.2. The van der Waals surface area contributed by atoms with Crippen LogP contribution in [-0.4, -0.2) is 16.1 Å². The Labute approximate surface area is 93.1 Å². The number of carbonyl (C=O) groups excluding carboxylic acids is 1. The van der Waals surface area contributed by atoms with Crippen molar-refractivity contribution in [3.8, 4) is 11.3 Å². The molecule has 1 amide bonds. The number of nitrogens with zero attached hydrogens (tertiary/aromatic N) is 2. The summed E-state index contributed by atoms with van der Waals surface area (Å²) in [6.07, 6.45) is 1.61. The number of benzene rings is 1. The predicted molar refractivity (Wildman–Crippen MR) is 60.7 cm³/mol. The minimum atomic E-state index is -0.428. The molecule has 1 heterocycles. The van der Waals surface area contributed by atoms with Crippen LogP contribution in [0.25, 0.3) is 11.3 Å². The van der Waals surface area contributed by atoms with Crippen molar-refractivity contribution in [3.05, 3.63) is 47.7 Å². The zero-order chi connectivity index (χ0) is 11.5. The van der Waals surface area contributed by atoms with Crippen LogP contribution in [0.4, 0.5) is 0 Å². The van der Waals surface area contributed by atoms with Crippen molar-refractivity contribution in [2.75, 3.05) is 0 Å². The Morgan fingerprint density at radius 1 is 1.25 bits per heavy atom. The molecule has 0 atom stereocenters. The second-order valence-electron chi connectivity index (χ2n) is 3.45. The molecule has 0 fully saturated rings. The third kappa shape index (κ3) is 1.77. The maximum atomic E-state index is 11.2. The van der Waals surface area contributed by atoms with Gasteiger partial charge in [-0.2, -0.15) is 10.2 Å². The van der Waals surface area contributed by atoms with E-state index in [9.17, 15) is 4.79 Å². The first kappa shape index (κ1) is 10.3. The van der Waals surface area contributed by atoms with Crippen LogP contribution >= 0.6 is 0 Å². The topological polar surface area (TPSA) is 68.9 Å². The van der Waals surface area contributed by atoms with Crippen molar-refractivity contribution in [1.29, 1.82) is 0 Å². The molecule has 2 N–H and O–H groups in total. The molecular weight excluding hydrogens is 202 g/mol. The van der Waals surface area contributed by atoms with Gasteiger partial charge in [0.1, 0.15) is 0 Å². The van der Waals surface area contributed by atoms with Crippen molar-refractivity contribution in [1.82, 2.24) is 10.2 Å². The van der Waals surface area contributed by atoms with E-state index in [1.807, 2.05) is 19.1 Å². The number of hydrogen-bond acceptors (Lipinski definition) is 3. The van der Waals surface area contributed by atoms with Crippen molar-refractivity contribution < 1.29 is 4.79 Å². The first-order chi connectivity index (χ1) is 7.70. The van der Waals surface area contributed by atoms with Crippen LogP contribution in [0.1, 0.15) is 15.9 Å². The van der Waals surface area contributed by atoms with Gasteiger partial charge in [-0.15, -0.1) is 0 Å². The number of aromatic nitrogens is 2. The molecule has 2 aromatic rings. The van der Waals surface area contributed by atoms with E-state index in [1.165, 1.54) is 0 Å². The number of rotatable bonds is 2. The van der Waals surface area contributed by atoms with E-state index in [2.05, 4.69) is 10.2 Å². The summed E-state index contributed by atoms with van der Waals surface area (Å²) >= 11 is 0. The minimum Gasteiger partial charge on any atom is -0.366 e. The minimum absolute atomic E-state index is 0.428. The van der Waals surface area contributed by atoms with Gasteiger partial charge in [-0.1, -0.05) is 12.1 Å². The number of carbonyl (C=O) groups is 1. The first-order valence-electron chi connectivity index (χ1n) is 4.87. The quantitative estimate of drug-likeness (QED) is 0.822. The van der Waals surface area contributed by atoms with Crippen LogP contribution in [0, 0.1) is 6.92 Å². The molecule has 1 aromatic carbocycles. The van der Waals surface area contributed by atoms with Crippen molar-refractivity contribution in [2.45, 2.75) is 6.92 Å². The Kier molecular flexibility index (Phi) is 2.64. The molecule has 0 saturated carbocycles. The van der Waals surface area contributed by atoms with Gasteiger partial charge in [0.2, 0.25) is 5.91 Å². The third-order valence-corrected chi connectivity index (χ3v) is 2.45. The van der Waals surface area contributed by atoms with Crippen LogP contribution in [0.2, 0.25) is 0 Å². The molecule has 2 rings (SSSR count). The summed E-state index contributed by atoms with van der Waals surface area (Å²) in [6, 6.07) is 9.04. The van der Waals surface area contributed by atoms with E-state index >= 15 is 0 Å². The lowest BCUT2D eigenvalue weighted by Gasteiger charge is -2.07. The molecule has 0 unspecified atom stereocenters. The highest BCUT2D eigenvalue weighted by Crippen LogP contribution is 2.22. The molecule has 80 valence electrons. The molecule has 1 aromatic heterocycles. The number of amides is 1. The Morgan fingerprint density at radius 2 is 2.06 bits per heavy atom. The van der Waals surface area contributed by atoms with Gasteiger partial charge in [0.05, 0.1) is 5.69 Å². The molecule has 0 bridgehead atoms. The largest absolute Gasteiger partial charge is 0.366 e. The highest BCUT2D eigenvalue weighted by atomic mass is 16.1. The lowest BCUT2D eigenvalue weighted by molar-refractivity contribution is 0.1000. The zero-order valence-corrected chi connectivity index (χ0v) is 8.84. The van der Waals surface area contributed by atoms with Gasteiger partial charge in [-0.25, -0.2) is 0 Å². The van der Waals surface area contributed by atoms with Crippen LogP contribution < -0.4 is 5.73 Å². The molecule has 0 aliphatic heterocycles. The Balaban J connectivity index is 2.59. The van der Waals surface area contributed by atoms with Crippen LogP contribution in [-0.2, 0) is 0 Å². The van der Waals surface area contributed by atoms with Crippen LogP contribution in [0.5, 0.6) is 0 Å². The smallest absolute Gasteiger partial charge is 0.248 e. The molecule has 4 heteroatoms. The second kappa shape index (κ2) is 4.10. The van der Waals surface area contributed by atoms with Crippen molar-refractivity contribution in [3.63, 3.8) is 0 Å². The molecule has 4 nitrogen and oxygen atoms in total. The highest BCUT2D eigenvalue weighted by molar-refractivity contribution is 5.96. The van der Waals surface area contributed by atoms with Gasteiger partial charge in [0.15, 0.2) is 0 Å². The van der Waals surface area contributed by atoms with Crippen LogP contribution in [0.3, 0.4) is 0 Å². The van der Waals surface area contributed by atoms with E-state index in [0.29, 0.717) is 5.56 Å². The van der Waals surface area contributed by atoms with E-state index < -0.39 is 5.91 Å². The molecule has 0 aliphatic carbocycles. The molecule has 0 aliphatic rings. The van der Waals surface area contributed by atoms with Gasteiger partial charge < -0.3 is 5.73 Å². The monoisotopic (exact) mass is 213 g/mol. The molecule has 0 radical (unpaired) electrons. The highest BCUT2D eigenvalue weighted by Gasteiger charge is 2.10. The summed E-state index contributed by atoms with van der Waals surface area (Å²) in [5, 5.41) is 7.82. The van der Waals surface area contributed by atoms with Gasteiger partial charge in [0, 0.05) is 17.3 Å². The molecular formula is C12H11N3O. The summed E-state index contributed by atoms with van der Waals surface area (Å²) < 4.78 is 0. The zero-order valence-electron chi connectivity index (χ0n) is 8.84. The fourth-order valence-electron chi connectivity index (χ4n) is 1.63. The molecule has 0 spiro atoms. The van der Waals surface area contributed by atoms with E-state index in [-0.39, 0.29) is 0 Å². The number of nitrogens with two attached hydrogens (primary N) is 1. The van der Waals surface area contributed by atoms with E-state index in [1.54, 1.807) is 24.4 Å². The lowest BCUT2D eigenvalue weighted by Crippen LogP contribution is -2.13. The van der Waals surface area contributed by atoms with E-state index in [0.717, 1.165) is 16.8 Å². The van der Waals surface area contributed by atoms with Crippen molar-refractivity contribution >= 4 is 5.91 Å². The maximum Gasteiger partial charge on any atom is 0.248 e. The average Bonchev–Trinajstić information content (AvgIpc) is 2.30. The first-order valence-corrected chi connectivity index (χ1v) is 4.87. The fourth-order valence-corrected chi connectivity index (χ4v) is 1.63. The summed E-state index contributed by atoms with van der Waals surface area (Å²) in [5.74, 6) is -0.428. The van der Waals surface area contributed by atoms with Gasteiger partial charge in [-0.3, -0.25) is 4.79 Å². The standard InChI is InChI=1S/C12H11N3O/c1-8-9(11-6-3-7-14-15-11)4-2-5-10(8)12(13)16/h2-7H,1H3,(H2,13,16). The Bertz CT molecular complexity index is 523. The van der Waals surface area contributed by atoms with Gasteiger partial charge in [0.25, 0.3) is 0 Å². The van der Waals surface area contributed by atoms with Crippen molar-refractivity contribution in [2.24, 2.45) is 5.73 Å². The maximum absolute atomic E-state index is 11.2. The van der Waals surface area contributed by atoms with Gasteiger partial charge >= 0.3 is 0 Å². The fraction of sp³-hybridized carbons (Fsp3) is 0.0833.